The van der Waals surface area contributed by atoms with Gasteiger partial charge in [-0.05, 0) is 0 Å². The molecule has 3 nitrogen and oxygen atoms in total. The van der Waals surface area contributed by atoms with E-state index in [4.69, 9.17) is 0 Å². The number of carbonyl (C=O) groups excluding carboxylic acids is 1. The van der Waals surface area contributed by atoms with Crippen LogP contribution in [-0.4, -0.2) is 11.0 Å². The Morgan fingerprint density at radius 3 is 3.15 bits per heavy atom. The van der Waals surface area contributed by atoms with Crippen LogP contribution >= 0.6 is 0 Å². The summed E-state index contributed by atoms with van der Waals surface area (Å²) in [6, 6.07) is 1.73. The van der Waals surface area contributed by atoms with Crippen molar-refractivity contribution in [2.75, 3.05) is 0 Å². The number of rotatable bonds is 1. The summed E-state index contributed by atoms with van der Waals surface area (Å²) in [7, 11) is 0. The molecule has 0 saturated carbocycles. The van der Waals surface area contributed by atoms with E-state index in [1.165, 1.54) is 6.20 Å². The fourth-order valence-electron chi connectivity index (χ4n) is 1.22. The molecule has 0 unspecified atom stereocenters. The van der Waals surface area contributed by atoms with Crippen molar-refractivity contribution in [3.8, 4) is 0 Å². The Hall–Kier alpha value is -1.99. The number of aromatic carboxylic acids is 1. The maximum absolute atomic E-state index is 10.6. The second-order valence-corrected chi connectivity index (χ2v) is 2.59. The highest BCUT2D eigenvalue weighted by molar-refractivity contribution is 5.91. The van der Waals surface area contributed by atoms with E-state index in [0.29, 0.717) is 5.56 Å². The largest absolute Gasteiger partial charge is 0.543 e. The van der Waals surface area contributed by atoms with Gasteiger partial charge in [0.05, 0.1) is 17.6 Å². The van der Waals surface area contributed by atoms with Crippen molar-refractivity contribution in [1.82, 2.24) is 4.98 Å². The molecule has 0 atom stereocenters. The quantitative estimate of drug-likeness (QED) is 0.570. The fourth-order valence-corrected chi connectivity index (χ4v) is 1.22. The second-order valence-electron chi connectivity index (χ2n) is 2.59. The number of hydrogen-bond donors (Lipinski definition) is 0. The van der Waals surface area contributed by atoms with Gasteiger partial charge in [-0.25, -0.2) is 0 Å². The summed E-state index contributed by atoms with van der Waals surface area (Å²) < 4.78 is 0. The van der Waals surface area contributed by atoms with Crippen LogP contribution in [0.15, 0.2) is 18.3 Å². The predicted molar refractivity (Wildman–Crippen MR) is 45.3 cm³/mol. The first-order valence-corrected chi connectivity index (χ1v) is 3.75. The molecule has 0 bridgehead atoms. The van der Waals surface area contributed by atoms with E-state index in [1.54, 1.807) is 24.3 Å². The van der Waals surface area contributed by atoms with Crippen molar-refractivity contribution in [3.05, 3.63) is 41.2 Å². The lowest BCUT2D eigenvalue weighted by molar-refractivity contribution is -0.255. The molecule has 0 fully saturated rings. The van der Waals surface area contributed by atoms with Crippen molar-refractivity contribution in [2.24, 2.45) is 0 Å². The molecule has 0 radical (unpaired) electrons. The monoisotopic (exact) mass is 171 g/mol. The Bertz CT molecular complexity index is 419. The summed E-state index contributed by atoms with van der Waals surface area (Å²) in [5.41, 5.74) is 1.37. The molecule has 3 heteroatoms. The molecule has 0 saturated heterocycles. The van der Waals surface area contributed by atoms with Crippen LogP contribution in [0.4, 0.5) is 0 Å². The summed E-state index contributed by atoms with van der Waals surface area (Å²) in [6.07, 6.45) is 9.33. The molecule has 0 aliphatic heterocycles. The first kappa shape index (κ1) is 7.65. The van der Waals surface area contributed by atoms with E-state index in [-0.39, 0.29) is 5.69 Å². The van der Waals surface area contributed by atoms with Crippen LogP contribution in [0.3, 0.4) is 0 Å². The molecule has 2 rings (SSSR count). The highest BCUT2D eigenvalue weighted by Gasteiger charge is 2.14. The van der Waals surface area contributed by atoms with E-state index in [0.717, 1.165) is 5.56 Å². The molecule has 0 N–H and O–H groups in total. The van der Waals surface area contributed by atoms with Gasteiger partial charge in [-0.1, -0.05) is 0 Å². The van der Waals surface area contributed by atoms with Crippen LogP contribution in [0.25, 0.3) is 12.2 Å². The summed E-state index contributed by atoms with van der Waals surface area (Å²) in [6.45, 7) is 0. The summed E-state index contributed by atoms with van der Waals surface area (Å²) >= 11 is 0. The van der Waals surface area contributed by atoms with E-state index in [9.17, 15) is 9.90 Å². The van der Waals surface area contributed by atoms with Gasteiger partial charge in [0.15, 0.2) is 0 Å². The van der Waals surface area contributed by atoms with E-state index < -0.39 is 5.97 Å². The molecule has 1 aromatic rings. The molecule has 62 valence electrons. The Labute approximate surface area is 75.0 Å². The zero-order valence-corrected chi connectivity index (χ0v) is 6.65. The summed E-state index contributed by atoms with van der Waals surface area (Å²) in [5, 5.41) is 10.6. The van der Waals surface area contributed by atoms with Crippen LogP contribution in [0, 0.1) is 6.08 Å². The lowest BCUT2D eigenvalue weighted by atomic mass is 10.0. The molecule has 0 aromatic carbocycles. The number of allylic oxidation sites excluding steroid dienone is 2. The van der Waals surface area contributed by atoms with Gasteiger partial charge in [-0.2, -0.15) is 0 Å². The van der Waals surface area contributed by atoms with Gasteiger partial charge in [0.25, 0.3) is 0 Å². The minimum absolute atomic E-state index is 0.0218. The van der Waals surface area contributed by atoms with Gasteiger partial charge in [0.2, 0.25) is 0 Å². The Kier molecular flexibility index (Phi) is 1.65. The normalized spacial score (nSPS) is 12.0. The molecule has 1 aliphatic carbocycles. The van der Waals surface area contributed by atoms with E-state index in [1.807, 2.05) is 0 Å². The van der Waals surface area contributed by atoms with E-state index in [2.05, 4.69) is 11.1 Å². The average molecular weight is 171 g/mol. The average Bonchev–Trinajstić information content (AvgIpc) is 2.17. The Balaban J connectivity index is 2.67. The minimum atomic E-state index is -1.25. The molecule has 0 spiro atoms. The Morgan fingerprint density at radius 2 is 2.38 bits per heavy atom. The van der Waals surface area contributed by atoms with Crippen molar-refractivity contribution in [1.29, 1.82) is 0 Å². The topological polar surface area (TPSA) is 53.0 Å². The molecule has 13 heavy (non-hydrogen) atoms. The fraction of sp³-hybridized carbons (Fsp3) is 0. The number of carboxylic acid groups (broad SMARTS) is 1. The highest BCUT2D eigenvalue weighted by Crippen LogP contribution is 2.18. The van der Waals surface area contributed by atoms with Crippen molar-refractivity contribution in [2.45, 2.75) is 0 Å². The van der Waals surface area contributed by atoms with Crippen LogP contribution in [0.1, 0.15) is 21.6 Å². The number of fused-ring (bicyclic) bond motifs is 1. The smallest absolute Gasteiger partial charge is 0.120 e. The van der Waals surface area contributed by atoms with E-state index >= 15 is 0 Å². The third-order valence-corrected chi connectivity index (χ3v) is 1.80. The number of carboxylic acids is 1. The SMILES string of the molecule is O=C([O-])c1nccc2c1C=C[C+]=C2. The maximum atomic E-state index is 10.6. The van der Waals surface area contributed by atoms with Crippen LogP contribution in [0.2, 0.25) is 0 Å². The molecule has 1 aromatic heterocycles. The molecular formula is C10H5NO2. The highest BCUT2D eigenvalue weighted by atomic mass is 16.4. The second kappa shape index (κ2) is 2.81. The molecular weight excluding hydrogens is 166 g/mol. The molecule has 1 heterocycles. The standard InChI is InChI=1S/C10H5NO2/c12-10(13)9-8-4-2-1-3-7(8)5-6-11-9/h2-6H. The van der Waals surface area contributed by atoms with Crippen LogP contribution in [0.5, 0.6) is 0 Å². The third kappa shape index (κ3) is 1.21. The minimum Gasteiger partial charge on any atom is -0.543 e. The number of aromatic nitrogens is 1. The summed E-state index contributed by atoms with van der Waals surface area (Å²) in [4.78, 5) is 14.4. The van der Waals surface area contributed by atoms with Crippen molar-refractivity contribution >= 4 is 18.1 Å². The molecule has 0 amide bonds. The lowest BCUT2D eigenvalue weighted by Gasteiger charge is -2.04. The third-order valence-electron chi connectivity index (χ3n) is 1.80. The van der Waals surface area contributed by atoms with Gasteiger partial charge in [-0.3, -0.25) is 4.98 Å². The lowest BCUT2D eigenvalue weighted by Crippen LogP contribution is -2.25. The van der Waals surface area contributed by atoms with Gasteiger partial charge in [0.1, 0.15) is 23.4 Å². The van der Waals surface area contributed by atoms with Gasteiger partial charge >= 0.3 is 0 Å². The number of nitrogens with zero attached hydrogens (tertiary/aromatic N) is 1. The van der Waals surface area contributed by atoms with Gasteiger partial charge in [-0.15, -0.1) is 0 Å². The van der Waals surface area contributed by atoms with Gasteiger partial charge in [0, 0.05) is 18.3 Å². The molecule has 1 aliphatic rings. The summed E-state index contributed by atoms with van der Waals surface area (Å²) in [5.74, 6) is -1.25. The Morgan fingerprint density at radius 1 is 1.54 bits per heavy atom. The zero-order chi connectivity index (χ0) is 9.26. The van der Waals surface area contributed by atoms with Crippen molar-refractivity contribution < 1.29 is 9.90 Å². The first-order valence-electron chi connectivity index (χ1n) is 3.75. The maximum Gasteiger partial charge on any atom is 0.120 e. The number of pyridine rings is 1. The van der Waals surface area contributed by atoms with Crippen LogP contribution in [-0.2, 0) is 0 Å². The van der Waals surface area contributed by atoms with Gasteiger partial charge < -0.3 is 9.90 Å². The number of carbonyl (C=O) groups is 1. The first-order chi connectivity index (χ1) is 6.29. The predicted octanol–water partition coefficient (Wildman–Crippen LogP) is 0.288. The van der Waals surface area contributed by atoms with Crippen LogP contribution < -0.4 is 5.11 Å². The van der Waals surface area contributed by atoms with Crippen molar-refractivity contribution in [3.63, 3.8) is 0 Å². The zero-order valence-electron chi connectivity index (χ0n) is 6.65. The number of hydrogen-bond acceptors (Lipinski definition) is 3.